The Balaban J connectivity index is 1.47. The summed E-state index contributed by atoms with van der Waals surface area (Å²) in [5.74, 6) is 0.867. The second kappa shape index (κ2) is 9.47. The molecule has 3 aromatic rings. The third-order valence-electron chi connectivity index (χ3n) is 5.76. The summed E-state index contributed by atoms with van der Waals surface area (Å²) in [7, 11) is 0. The number of allylic oxidation sites excluding steroid dienone is 2. The van der Waals surface area contributed by atoms with Gasteiger partial charge in [-0.05, 0) is 55.2 Å². The van der Waals surface area contributed by atoms with E-state index in [1.54, 1.807) is 0 Å². The number of aromatic nitrogens is 2. The molecule has 31 heavy (non-hydrogen) atoms. The van der Waals surface area contributed by atoms with Crippen molar-refractivity contribution in [1.82, 2.24) is 20.2 Å². The number of benzene rings is 2. The summed E-state index contributed by atoms with van der Waals surface area (Å²) < 4.78 is 0. The first kappa shape index (κ1) is 20.7. The van der Waals surface area contributed by atoms with Crippen LogP contribution in [0.4, 0.5) is 0 Å². The Morgan fingerprint density at radius 1 is 1.10 bits per heavy atom. The minimum atomic E-state index is 0.0646. The molecule has 158 valence electrons. The number of aromatic amines is 1. The maximum atomic E-state index is 11.2. The van der Waals surface area contributed by atoms with Gasteiger partial charge in [-0.3, -0.25) is 4.79 Å². The number of hydrogen-bond acceptors (Lipinski definition) is 3. The predicted molar refractivity (Wildman–Crippen MR) is 126 cm³/mol. The van der Waals surface area contributed by atoms with Gasteiger partial charge in [0, 0.05) is 24.5 Å². The standard InChI is InChI=1S/C26H28N4O/c1-3-14-27-16-19(2)20-6-8-21(9-7-20)22-10-12-23(13-11-22)24-17-28-26(29-24)25-5-4-15-30(25)18-31/h3,6-14,16-18,25,27H,4-5,15H2,1-2H3,(H,28,29)/b14-3+,19-16+. The van der Waals surface area contributed by atoms with Gasteiger partial charge in [-0.2, -0.15) is 0 Å². The Hall–Kier alpha value is -3.60. The summed E-state index contributed by atoms with van der Waals surface area (Å²) in [6.07, 6.45) is 10.7. The first-order valence-electron chi connectivity index (χ1n) is 10.7. The van der Waals surface area contributed by atoms with Crippen molar-refractivity contribution in [2.45, 2.75) is 32.7 Å². The molecule has 5 nitrogen and oxygen atoms in total. The van der Waals surface area contributed by atoms with Crippen LogP contribution in [-0.4, -0.2) is 27.8 Å². The molecular formula is C26H28N4O. The molecular weight excluding hydrogens is 384 g/mol. The molecule has 4 rings (SSSR count). The lowest BCUT2D eigenvalue weighted by molar-refractivity contribution is -0.119. The fraction of sp³-hybridized carbons (Fsp3) is 0.231. The van der Waals surface area contributed by atoms with Gasteiger partial charge in [-0.1, -0.05) is 54.6 Å². The molecule has 2 aromatic carbocycles. The van der Waals surface area contributed by atoms with E-state index >= 15 is 0 Å². The topological polar surface area (TPSA) is 61.0 Å². The number of carbonyl (C=O) groups excluding carboxylic acids is 1. The highest BCUT2D eigenvalue weighted by Crippen LogP contribution is 2.31. The van der Waals surface area contributed by atoms with Crippen molar-refractivity contribution in [3.05, 3.63) is 84.6 Å². The molecule has 2 N–H and O–H groups in total. The Morgan fingerprint density at radius 3 is 2.45 bits per heavy atom. The highest BCUT2D eigenvalue weighted by Gasteiger charge is 2.27. The third-order valence-corrected chi connectivity index (χ3v) is 5.76. The molecule has 0 spiro atoms. The van der Waals surface area contributed by atoms with Crippen LogP contribution in [0.2, 0.25) is 0 Å². The molecule has 5 heteroatoms. The number of likely N-dealkylation sites (tertiary alicyclic amines) is 1. The highest BCUT2D eigenvalue weighted by atomic mass is 16.1. The van der Waals surface area contributed by atoms with E-state index in [0.717, 1.165) is 42.9 Å². The van der Waals surface area contributed by atoms with Gasteiger partial charge >= 0.3 is 0 Å². The molecule has 2 heterocycles. The highest BCUT2D eigenvalue weighted by molar-refractivity contribution is 5.71. The number of carbonyl (C=O) groups is 1. The summed E-state index contributed by atoms with van der Waals surface area (Å²) in [6.45, 7) is 4.88. The minimum absolute atomic E-state index is 0.0646. The van der Waals surface area contributed by atoms with Crippen LogP contribution in [0.3, 0.4) is 0 Å². The smallest absolute Gasteiger partial charge is 0.210 e. The van der Waals surface area contributed by atoms with Gasteiger partial charge in [0.1, 0.15) is 5.82 Å². The van der Waals surface area contributed by atoms with Crippen LogP contribution in [0.25, 0.3) is 28.0 Å². The molecule has 0 radical (unpaired) electrons. The summed E-state index contributed by atoms with van der Waals surface area (Å²) in [5.41, 5.74) is 6.70. The molecule has 1 fully saturated rings. The van der Waals surface area contributed by atoms with Gasteiger partial charge in [0.15, 0.2) is 0 Å². The van der Waals surface area contributed by atoms with Crippen molar-refractivity contribution in [3.63, 3.8) is 0 Å². The van der Waals surface area contributed by atoms with E-state index in [-0.39, 0.29) is 6.04 Å². The number of H-pyrrole nitrogens is 1. The van der Waals surface area contributed by atoms with Gasteiger partial charge in [0.2, 0.25) is 6.41 Å². The average Bonchev–Trinajstić information content (AvgIpc) is 3.49. The van der Waals surface area contributed by atoms with E-state index in [1.165, 1.54) is 22.3 Å². The van der Waals surface area contributed by atoms with Crippen molar-refractivity contribution < 1.29 is 4.79 Å². The lowest BCUT2D eigenvalue weighted by atomic mass is 10.00. The second-order valence-corrected chi connectivity index (χ2v) is 7.82. The third kappa shape index (κ3) is 4.61. The number of rotatable bonds is 7. The quantitative estimate of drug-likeness (QED) is 0.502. The number of imidazole rings is 1. The summed E-state index contributed by atoms with van der Waals surface area (Å²) >= 11 is 0. The number of nitrogens with zero attached hydrogens (tertiary/aromatic N) is 2. The maximum Gasteiger partial charge on any atom is 0.210 e. The Bertz CT molecular complexity index is 1080. The predicted octanol–water partition coefficient (Wildman–Crippen LogP) is 5.52. The molecule has 1 saturated heterocycles. The van der Waals surface area contributed by atoms with Gasteiger partial charge < -0.3 is 15.2 Å². The first-order chi connectivity index (χ1) is 15.2. The normalized spacial score (nSPS) is 16.8. The van der Waals surface area contributed by atoms with Crippen LogP contribution in [0.1, 0.15) is 44.1 Å². The summed E-state index contributed by atoms with van der Waals surface area (Å²) in [4.78, 5) is 21.1. The molecule has 1 aliphatic rings. The van der Waals surface area contributed by atoms with Crippen LogP contribution in [0.15, 0.2) is 73.2 Å². The largest absolute Gasteiger partial charge is 0.368 e. The monoisotopic (exact) mass is 412 g/mol. The fourth-order valence-corrected chi connectivity index (χ4v) is 3.98. The maximum absolute atomic E-state index is 11.2. The average molecular weight is 413 g/mol. The summed E-state index contributed by atoms with van der Waals surface area (Å²) in [5, 5.41) is 3.16. The lowest BCUT2D eigenvalue weighted by Crippen LogP contribution is -2.21. The molecule has 1 unspecified atom stereocenters. The van der Waals surface area contributed by atoms with E-state index in [1.807, 2.05) is 36.5 Å². The Labute approximate surface area is 183 Å². The van der Waals surface area contributed by atoms with Crippen molar-refractivity contribution >= 4 is 12.0 Å². The molecule has 1 aliphatic heterocycles. The van der Waals surface area contributed by atoms with Gasteiger partial charge in [0.25, 0.3) is 0 Å². The van der Waals surface area contributed by atoms with E-state index in [9.17, 15) is 4.79 Å². The van der Waals surface area contributed by atoms with Crippen LogP contribution >= 0.6 is 0 Å². The lowest BCUT2D eigenvalue weighted by Gasteiger charge is -2.17. The van der Waals surface area contributed by atoms with Crippen LogP contribution < -0.4 is 5.32 Å². The molecule has 1 atom stereocenters. The molecule has 0 aliphatic carbocycles. The van der Waals surface area contributed by atoms with Gasteiger partial charge in [-0.15, -0.1) is 0 Å². The molecule has 0 saturated carbocycles. The Kier molecular flexibility index (Phi) is 6.32. The van der Waals surface area contributed by atoms with Crippen molar-refractivity contribution in [3.8, 4) is 22.4 Å². The summed E-state index contributed by atoms with van der Waals surface area (Å²) in [6, 6.07) is 17.1. The van der Waals surface area contributed by atoms with E-state index in [4.69, 9.17) is 4.98 Å². The van der Waals surface area contributed by atoms with Crippen LogP contribution in [0.5, 0.6) is 0 Å². The first-order valence-corrected chi connectivity index (χ1v) is 10.7. The number of hydrogen-bond donors (Lipinski definition) is 2. The number of amides is 1. The zero-order valence-corrected chi connectivity index (χ0v) is 18.0. The van der Waals surface area contributed by atoms with E-state index in [0.29, 0.717) is 0 Å². The minimum Gasteiger partial charge on any atom is -0.368 e. The van der Waals surface area contributed by atoms with Crippen molar-refractivity contribution in [2.24, 2.45) is 0 Å². The number of nitrogens with one attached hydrogen (secondary N) is 2. The fourth-order valence-electron chi connectivity index (χ4n) is 3.98. The van der Waals surface area contributed by atoms with E-state index < -0.39 is 0 Å². The molecule has 0 bridgehead atoms. The molecule has 1 amide bonds. The van der Waals surface area contributed by atoms with E-state index in [2.05, 4.69) is 65.8 Å². The second-order valence-electron chi connectivity index (χ2n) is 7.82. The van der Waals surface area contributed by atoms with Gasteiger partial charge in [0.05, 0.1) is 11.7 Å². The van der Waals surface area contributed by atoms with Gasteiger partial charge in [-0.25, -0.2) is 4.98 Å². The van der Waals surface area contributed by atoms with Crippen LogP contribution in [0, 0.1) is 0 Å². The SMILES string of the molecule is C/C=C/N/C=C(\C)c1ccc(-c2ccc(-c3c[nH]c(C4CCCN4C=O)n3)cc2)cc1. The Morgan fingerprint density at radius 2 is 1.77 bits per heavy atom. The zero-order chi connectivity index (χ0) is 21.6. The van der Waals surface area contributed by atoms with Crippen LogP contribution in [-0.2, 0) is 4.79 Å². The van der Waals surface area contributed by atoms with Crippen molar-refractivity contribution in [1.29, 1.82) is 0 Å². The zero-order valence-electron chi connectivity index (χ0n) is 18.0. The molecule has 1 aromatic heterocycles. The van der Waals surface area contributed by atoms with Crippen molar-refractivity contribution in [2.75, 3.05) is 6.54 Å².